The Morgan fingerprint density at radius 3 is 2.30 bits per heavy atom. The predicted molar refractivity (Wildman–Crippen MR) is 128 cm³/mol. The van der Waals surface area contributed by atoms with Gasteiger partial charge in [-0.3, -0.25) is 4.48 Å². The van der Waals surface area contributed by atoms with Crippen molar-refractivity contribution in [3.05, 3.63) is 64.8 Å². The van der Waals surface area contributed by atoms with E-state index in [1.54, 1.807) is 0 Å². The summed E-state index contributed by atoms with van der Waals surface area (Å²) in [6.07, 6.45) is 10.2. The Hall–Kier alpha value is -1.64. The smallest absolute Gasteiger partial charge is 0.190 e. The van der Waals surface area contributed by atoms with Crippen LogP contribution < -0.4 is 31.3 Å². The Bertz CT molecular complexity index is 920. The number of para-hydroxylation sites is 1. The van der Waals surface area contributed by atoms with Crippen LogP contribution in [-0.2, 0) is 0 Å². The van der Waals surface area contributed by atoms with Crippen molar-refractivity contribution in [2.24, 2.45) is 0 Å². The first-order chi connectivity index (χ1) is 14.0. The molecule has 1 heterocycles. The zero-order chi connectivity index (χ0) is 21.0. The minimum Gasteiger partial charge on any atom is -1.00 e. The summed E-state index contributed by atoms with van der Waals surface area (Å²) in [5, 5.41) is 1.20. The van der Waals surface area contributed by atoms with Gasteiger partial charge >= 0.3 is 0 Å². The van der Waals surface area contributed by atoms with Crippen molar-refractivity contribution < 1.29 is 17.0 Å². The Kier molecular flexibility index (Phi) is 8.70. The lowest BCUT2D eigenvalue weighted by atomic mass is 10.2. The first kappa shape index (κ1) is 24.6. The molecule has 0 fully saturated rings. The minimum atomic E-state index is 0. The van der Waals surface area contributed by atoms with Gasteiger partial charge in [-0.1, -0.05) is 47.3 Å². The maximum absolute atomic E-state index is 6.41. The lowest BCUT2D eigenvalue weighted by Crippen LogP contribution is -3.00. The maximum atomic E-state index is 6.41. The third-order valence-corrected chi connectivity index (χ3v) is 6.61. The van der Waals surface area contributed by atoms with E-state index in [0.717, 1.165) is 35.5 Å². The molecule has 0 aliphatic carbocycles. The molecule has 2 aromatic rings. The van der Waals surface area contributed by atoms with Crippen LogP contribution >= 0.6 is 23.2 Å². The third-order valence-electron chi connectivity index (χ3n) is 5.89. The molecular formula is C24H28BrCl2N3. The lowest BCUT2D eigenvalue weighted by molar-refractivity contribution is -0.00000568. The van der Waals surface area contributed by atoms with Gasteiger partial charge in [0.25, 0.3) is 0 Å². The number of likely N-dealkylation sites (N-methyl/N-ethyl adjacent to an activating group) is 2. The SMILES string of the molecule is C#CCN(C=CC1N(CC)c2cc(Cl)c(Cl)cc2[N+]1(CC)CC)c1ccccc1.[Br-]. The highest BCUT2D eigenvalue weighted by Crippen LogP contribution is 2.48. The van der Waals surface area contributed by atoms with Crippen molar-refractivity contribution in [1.29, 1.82) is 0 Å². The van der Waals surface area contributed by atoms with E-state index < -0.39 is 0 Å². The van der Waals surface area contributed by atoms with Crippen LogP contribution in [0.25, 0.3) is 0 Å². The number of hydrogen-bond acceptors (Lipinski definition) is 2. The molecule has 0 amide bonds. The molecule has 0 spiro atoms. The molecule has 1 unspecified atom stereocenters. The van der Waals surface area contributed by atoms with E-state index in [4.69, 9.17) is 29.6 Å². The second-order valence-electron chi connectivity index (χ2n) is 7.13. The highest BCUT2D eigenvalue weighted by atomic mass is 79.9. The van der Waals surface area contributed by atoms with Crippen molar-refractivity contribution in [2.45, 2.75) is 26.9 Å². The van der Waals surface area contributed by atoms with Crippen LogP contribution in [0.15, 0.2) is 54.7 Å². The monoisotopic (exact) mass is 507 g/mol. The Balaban J connectivity index is 0.00000320. The summed E-state index contributed by atoms with van der Waals surface area (Å²) in [5.41, 5.74) is 3.46. The van der Waals surface area contributed by atoms with E-state index in [9.17, 15) is 0 Å². The molecule has 2 aromatic carbocycles. The molecule has 1 aliphatic rings. The van der Waals surface area contributed by atoms with Crippen LogP contribution in [0.1, 0.15) is 20.8 Å². The summed E-state index contributed by atoms with van der Waals surface area (Å²) < 4.78 is 0.801. The fraction of sp³-hybridized carbons (Fsp3) is 0.333. The normalized spacial score (nSPS) is 16.8. The minimum absolute atomic E-state index is 0. The number of anilines is 2. The molecule has 1 atom stereocenters. The van der Waals surface area contributed by atoms with Gasteiger partial charge in [-0.25, -0.2) is 0 Å². The molecule has 3 rings (SSSR count). The Labute approximate surface area is 201 Å². The largest absolute Gasteiger partial charge is 1.00 e. The molecule has 3 nitrogen and oxygen atoms in total. The quantitative estimate of drug-likeness (QED) is 0.418. The fourth-order valence-electron chi connectivity index (χ4n) is 4.36. The van der Waals surface area contributed by atoms with E-state index in [2.05, 4.69) is 60.9 Å². The topological polar surface area (TPSA) is 6.48 Å². The van der Waals surface area contributed by atoms with Crippen LogP contribution in [0.5, 0.6) is 0 Å². The standard InChI is InChI=1S/C24H28Cl2N3.BrH/c1-5-15-27(19-12-10-9-11-13-19)16-14-24-28(6-2)22-17-20(25)21(26)18-23(22)29(24,7-3)8-4;/h1,9-14,16-18,24H,6-8,15H2,2-4H3;1H/q+1;/p-1. The third kappa shape index (κ3) is 4.36. The Morgan fingerprint density at radius 2 is 1.73 bits per heavy atom. The molecule has 0 saturated carbocycles. The highest BCUT2D eigenvalue weighted by molar-refractivity contribution is 6.42. The van der Waals surface area contributed by atoms with Gasteiger partial charge in [0.2, 0.25) is 0 Å². The van der Waals surface area contributed by atoms with Gasteiger partial charge < -0.3 is 26.8 Å². The van der Waals surface area contributed by atoms with Crippen LogP contribution in [0, 0.1) is 12.3 Å². The maximum Gasteiger partial charge on any atom is 0.190 e. The molecule has 6 heteroatoms. The molecule has 0 saturated heterocycles. The van der Waals surface area contributed by atoms with Gasteiger partial charge in [0.05, 0.1) is 29.7 Å². The van der Waals surface area contributed by atoms with Crippen molar-refractivity contribution >= 4 is 40.3 Å². The van der Waals surface area contributed by atoms with E-state index in [-0.39, 0.29) is 23.1 Å². The van der Waals surface area contributed by atoms with Crippen LogP contribution in [0.3, 0.4) is 0 Å². The van der Waals surface area contributed by atoms with Gasteiger partial charge in [-0.15, -0.1) is 6.42 Å². The number of rotatable bonds is 7. The van der Waals surface area contributed by atoms with E-state index in [1.165, 1.54) is 5.69 Å². The van der Waals surface area contributed by atoms with Gasteiger partial charge in [-0.2, -0.15) is 0 Å². The van der Waals surface area contributed by atoms with Crippen LogP contribution in [-0.4, -0.2) is 32.3 Å². The molecule has 0 bridgehead atoms. The van der Waals surface area contributed by atoms with Gasteiger partial charge in [0.1, 0.15) is 5.69 Å². The first-order valence-corrected chi connectivity index (χ1v) is 10.8. The fourth-order valence-corrected chi connectivity index (χ4v) is 4.67. The molecule has 0 N–H and O–H groups in total. The first-order valence-electron chi connectivity index (χ1n) is 10.1. The number of fused-ring (bicyclic) bond motifs is 1. The number of benzene rings is 2. The van der Waals surface area contributed by atoms with Gasteiger partial charge in [-0.05, 0) is 39.0 Å². The number of quaternary nitrogens is 1. The summed E-state index contributed by atoms with van der Waals surface area (Å²) in [6.45, 7) is 9.93. The van der Waals surface area contributed by atoms with Gasteiger partial charge in [0.15, 0.2) is 11.9 Å². The number of halogens is 3. The summed E-state index contributed by atoms with van der Waals surface area (Å²) in [5.74, 6) is 2.77. The average Bonchev–Trinajstić information content (AvgIpc) is 3.00. The molecule has 160 valence electrons. The Morgan fingerprint density at radius 1 is 1.10 bits per heavy atom. The zero-order valence-electron chi connectivity index (χ0n) is 17.7. The van der Waals surface area contributed by atoms with Crippen molar-refractivity contribution in [2.75, 3.05) is 36.0 Å². The molecule has 0 radical (unpaired) electrons. The second kappa shape index (κ2) is 10.6. The lowest BCUT2D eigenvalue weighted by Gasteiger charge is -2.39. The second-order valence-corrected chi connectivity index (χ2v) is 7.94. The van der Waals surface area contributed by atoms with E-state index in [1.807, 2.05) is 30.3 Å². The zero-order valence-corrected chi connectivity index (χ0v) is 20.8. The molecule has 1 aliphatic heterocycles. The van der Waals surface area contributed by atoms with Crippen molar-refractivity contribution in [3.8, 4) is 12.3 Å². The van der Waals surface area contributed by atoms with E-state index in [0.29, 0.717) is 16.6 Å². The summed E-state index contributed by atoms with van der Waals surface area (Å²) >= 11 is 12.8. The van der Waals surface area contributed by atoms with Gasteiger partial charge in [0, 0.05) is 30.6 Å². The van der Waals surface area contributed by atoms with Crippen molar-refractivity contribution in [3.63, 3.8) is 0 Å². The van der Waals surface area contributed by atoms with Crippen LogP contribution in [0.2, 0.25) is 10.0 Å². The number of hydrogen-bond donors (Lipinski definition) is 0. The number of terminal acetylenes is 1. The highest BCUT2D eigenvalue weighted by Gasteiger charge is 2.48. The average molecular weight is 509 g/mol. The molecule has 0 aromatic heterocycles. The van der Waals surface area contributed by atoms with Crippen molar-refractivity contribution in [1.82, 2.24) is 4.48 Å². The summed E-state index contributed by atoms with van der Waals surface area (Å²) in [4.78, 5) is 4.51. The summed E-state index contributed by atoms with van der Waals surface area (Å²) in [7, 11) is 0. The molecule has 30 heavy (non-hydrogen) atoms. The molecular weight excluding hydrogens is 481 g/mol. The number of nitrogens with zero attached hydrogens (tertiary/aromatic N) is 3. The van der Waals surface area contributed by atoms with E-state index >= 15 is 0 Å². The summed E-state index contributed by atoms with van der Waals surface area (Å²) in [6, 6.07) is 14.3. The van der Waals surface area contributed by atoms with Crippen LogP contribution in [0.4, 0.5) is 17.1 Å². The predicted octanol–water partition coefficient (Wildman–Crippen LogP) is 3.16.